The number of halogens is 1. The molecular formula is C21H34ClN3O4. The summed E-state index contributed by atoms with van der Waals surface area (Å²) < 4.78 is 10.7. The first kappa shape index (κ1) is 25.2. The summed E-state index contributed by atoms with van der Waals surface area (Å²) in [6.45, 7) is 6.29. The van der Waals surface area contributed by atoms with E-state index in [1.165, 1.54) is 0 Å². The van der Waals surface area contributed by atoms with Gasteiger partial charge >= 0.3 is 0 Å². The second-order valence-electron chi connectivity index (χ2n) is 7.16. The molecule has 2 atom stereocenters. The Morgan fingerprint density at radius 3 is 2.52 bits per heavy atom. The van der Waals surface area contributed by atoms with Gasteiger partial charge in [0.1, 0.15) is 5.75 Å². The van der Waals surface area contributed by atoms with Gasteiger partial charge in [-0.3, -0.25) is 9.59 Å². The van der Waals surface area contributed by atoms with Gasteiger partial charge < -0.3 is 25.8 Å². The van der Waals surface area contributed by atoms with Gasteiger partial charge in [0.05, 0.1) is 18.7 Å². The summed E-state index contributed by atoms with van der Waals surface area (Å²) >= 11 is 0. The molecule has 0 radical (unpaired) electrons. The number of carbonyl (C=O) groups excluding carboxylic acids is 2. The van der Waals surface area contributed by atoms with Gasteiger partial charge in [-0.1, -0.05) is 12.1 Å². The number of hydrogen-bond acceptors (Lipinski definition) is 5. The standard InChI is InChI=1S/C21H33N3O4.ClH/c1-3-28-18-8-6-16(7-9-18)15(2)24-19(25)5-4-12-23-21(26)20(22)17-10-13-27-14-11-17;/h6-9,15,17,20H,3-5,10-14,22H2,1-2H3,(H,23,26)(H,24,25);1H. The molecule has 8 heteroatoms. The lowest BCUT2D eigenvalue weighted by molar-refractivity contribution is -0.125. The van der Waals surface area contributed by atoms with Crippen molar-refractivity contribution in [2.45, 2.75) is 51.6 Å². The minimum atomic E-state index is -0.502. The maximum Gasteiger partial charge on any atom is 0.237 e. The van der Waals surface area contributed by atoms with Gasteiger partial charge in [-0.15, -0.1) is 12.4 Å². The topological polar surface area (TPSA) is 103 Å². The minimum Gasteiger partial charge on any atom is -0.494 e. The molecule has 0 bridgehead atoms. The van der Waals surface area contributed by atoms with Gasteiger partial charge in [-0.25, -0.2) is 0 Å². The van der Waals surface area contributed by atoms with E-state index in [0.717, 1.165) is 24.2 Å². The molecule has 1 saturated heterocycles. The maximum atomic E-state index is 12.1. The number of amides is 2. The fourth-order valence-corrected chi connectivity index (χ4v) is 3.28. The highest BCUT2D eigenvalue weighted by Crippen LogP contribution is 2.18. The molecule has 0 aliphatic carbocycles. The summed E-state index contributed by atoms with van der Waals surface area (Å²) in [7, 11) is 0. The SMILES string of the molecule is CCOc1ccc(C(C)NC(=O)CCCNC(=O)C(N)C2CCOCC2)cc1.Cl. The molecule has 1 aromatic carbocycles. The Hall–Kier alpha value is -1.83. The van der Waals surface area contributed by atoms with E-state index in [-0.39, 0.29) is 36.2 Å². The largest absolute Gasteiger partial charge is 0.494 e. The second kappa shape index (κ2) is 13.4. The molecule has 4 N–H and O–H groups in total. The van der Waals surface area contributed by atoms with Crippen LogP contribution in [0.1, 0.15) is 51.1 Å². The highest BCUT2D eigenvalue weighted by Gasteiger charge is 2.26. The van der Waals surface area contributed by atoms with Crippen molar-refractivity contribution in [2.75, 3.05) is 26.4 Å². The van der Waals surface area contributed by atoms with Crippen LogP contribution in [0.2, 0.25) is 0 Å². The van der Waals surface area contributed by atoms with Crippen molar-refractivity contribution in [2.24, 2.45) is 11.7 Å². The van der Waals surface area contributed by atoms with Crippen LogP contribution in [0.3, 0.4) is 0 Å². The van der Waals surface area contributed by atoms with Crippen molar-refractivity contribution in [3.05, 3.63) is 29.8 Å². The van der Waals surface area contributed by atoms with Gasteiger partial charge in [0.2, 0.25) is 11.8 Å². The van der Waals surface area contributed by atoms with E-state index in [1.54, 1.807) is 0 Å². The molecule has 0 saturated carbocycles. The Labute approximate surface area is 179 Å². The number of benzene rings is 1. The van der Waals surface area contributed by atoms with E-state index < -0.39 is 6.04 Å². The number of nitrogens with two attached hydrogens (primary N) is 1. The highest BCUT2D eigenvalue weighted by atomic mass is 35.5. The summed E-state index contributed by atoms with van der Waals surface area (Å²) in [4.78, 5) is 24.3. The summed E-state index contributed by atoms with van der Waals surface area (Å²) in [5.41, 5.74) is 7.06. The first-order valence-corrected chi connectivity index (χ1v) is 10.1. The third kappa shape index (κ3) is 8.60. The van der Waals surface area contributed by atoms with E-state index in [9.17, 15) is 9.59 Å². The number of ether oxygens (including phenoxy) is 2. The molecule has 0 spiro atoms. The van der Waals surface area contributed by atoms with Gasteiger partial charge in [0.15, 0.2) is 0 Å². The van der Waals surface area contributed by atoms with Crippen LogP contribution in [0, 0.1) is 5.92 Å². The zero-order valence-electron chi connectivity index (χ0n) is 17.3. The predicted octanol–water partition coefficient (Wildman–Crippen LogP) is 2.33. The number of nitrogens with one attached hydrogen (secondary N) is 2. The van der Waals surface area contributed by atoms with E-state index in [1.807, 2.05) is 38.1 Å². The number of hydrogen-bond donors (Lipinski definition) is 3. The van der Waals surface area contributed by atoms with Gasteiger partial charge in [-0.05, 0) is 56.7 Å². The van der Waals surface area contributed by atoms with Crippen molar-refractivity contribution < 1.29 is 19.1 Å². The Kier molecular flexibility index (Phi) is 11.7. The zero-order valence-corrected chi connectivity index (χ0v) is 18.1. The van der Waals surface area contributed by atoms with Gasteiger partial charge in [-0.2, -0.15) is 0 Å². The van der Waals surface area contributed by atoms with E-state index in [2.05, 4.69) is 10.6 Å². The number of rotatable bonds is 10. The monoisotopic (exact) mass is 427 g/mol. The van der Waals surface area contributed by atoms with Crippen LogP contribution in [0.25, 0.3) is 0 Å². The molecule has 2 rings (SSSR count). The van der Waals surface area contributed by atoms with Crippen LogP contribution in [0.5, 0.6) is 5.75 Å². The lowest BCUT2D eigenvalue weighted by Crippen LogP contribution is -2.47. The fourth-order valence-electron chi connectivity index (χ4n) is 3.28. The molecule has 29 heavy (non-hydrogen) atoms. The van der Waals surface area contributed by atoms with Gasteiger partial charge in [0, 0.05) is 26.2 Å². The quantitative estimate of drug-likeness (QED) is 0.497. The van der Waals surface area contributed by atoms with Crippen molar-refractivity contribution in [1.29, 1.82) is 0 Å². The maximum absolute atomic E-state index is 12.1. The fraction of sp³-hybridized carbons (Fsp3) is 0.619. The average molecular weight is 428 g/mol. The second-order valence-corrected chi connectivity index (χ2v) is 7.16. The van der Waals surface area contributed by atoms with Crippen molar-refractivity contribution in [3.63, 3.8) is 0 Å². The summed E-state index contributed by atoms with van der Waals surface area (Å²) in [5.74, 6) is 0.811. The molecule has 0 aromatic heterocycles. The lowest BCUT2D eigenvalue weighted by atomic mass is 9.92. The molecule has 2 amide bonds. The normalized spacial score (nSPS) is 16.2. The molecule has 1 aliphatic rings. The summed E-state index contributed by atoms with van der Waals surface area (Å²) in [5, 5.41) is 5.82. The average Bonchev–Trinajstić information content (AvgIpc) is 2.72. The first-order chi connectivity index (χ1) is 13.5. The third-order valence-electron chi connectivity index (χ3n) is 5.03. The molecule has 1 heterocycles. The first-order valence-electron chi connectivity index (χ1n) is 10.1. The Morgan fingerprint density at radius 2 is 1.90 bits per heavy atom. The van der Waals surface area contributed by atoms with Crippen LogP contribution in [0.15, 0.2) is 24.3 Å². The van der Waals surface area contributed by atoms with E-state index >= 15 is 0 Å². The lowest BCUT2D eigenvalue weighted by Gasteiger charge is -2.26. The molecule has 1 aromatic rings. The van der Waals surface area contributed by atoms with Crippen molar-refractivity contribution in [1.82, 2.24) is 10.6 Å². The van der Waals surface area contributed by atoms with Crippen LogP contribution in [0.4, 0.5) is 0 Å². The Balaban J connectivity index is 0.00000420. The Morgan fingerprint density at radius 1 is 1.24 bits per heavy atom. The molecule has 7 nitrogen and oxygen atoms in total. The van der Waals surface area contributed by atoms with E-state index in [0.29, 0.717) is 39.2 Å². The molecule has 1 fully saturated rings. The molecular weight excluding hydrogens is 394 g/mol. The van der Waals surface area contributed by atoms with Crippen molar-refractivity contribution >= 4 is 24.2 Å². The number of carbonyl (C=O) groups is 2. The summed E-state index contributed by atoms with van der Waals surface area (Å²) in [6.07, 6.45) is 2.57. The molecule has 164 valence electrons. The van der Waals surface area contributed by atoms with Gasteiger partial charge in [0.25, 0.3) is 0 Å². The zero-order chi connectivity index (χ0) is 20.4. The van der Waals surface area contributed by atoms with Crippen LogP contribution < -0.4 is 21.1 Å². The van der Waals surface area contributed by atoms with Crippen LogP contribution in [-0.4, -0.2) is 44.2 Å². The highest BCUT2D eigenvalue weighted by molar-refractivity contribution is 5.85. The van der Waals surface area contributed by atoms with E-state index in [4.69, 9.17) is 15.2 Å². The molecule has 2 unspecified atom stereocenters. The van der Waals surface area contributed by atoms with Crippen molar-refractivity contribution in [3.8, 4) is 5.75 Å². The summed E-state index contributed by atoms with van der Waals surface area (Å²) in [6, 6.07) is 7.12. The van der Waals surface area contributed by atoms with Crippen LogP contribution >= 0.6 is 12.4 Å². The predicted molar refractivity (Wildman–Crippen MR) is 115 cm³/mol. The third-order valence-corrected chi connectivity index (χ3v) is 5.03. The molecule has 1 aliphatic heterocycles. The van der Waals surface area contributed by atoms with Crippen LogP contribution in [-0.2, 0) is 14.3 Å². The Bertz CT molecular complexity index is 621. The minimum absolute atomic E-state index is 0. The smallest absolute Gasteiger partial charge is 0.237 e.